The number of rotatable bonds is 7. The molecule has 1 heterocycles. The molecule has 5 rings (SSSR count). The molecule has 0 unspecified atom stereocenters. The molecule has 3 aromatic carbocycles. The van der Waals surface area contributed by atoms with Gasteiger partial charge in [0.05, 0.1) is 10.6 Å². The molecule has 0 saturated carbocycles. The molecule has 1 aromatic heterocycles. The van der Waals surface area contributed by atoms with Crippen LogP contribution in [0.5, 0.6) is 11.5 Å². The molecule has 1 aliphatic rings. The van der Waals surface area contributed by atoms with E-state index in [0.29, 0.717) is 27.6 Å². The number of nitrogens with zero attached hydrogens (tertiary/aromatic N) is 2. The predicted molar refractivity (Wildman–Crippen MR) is 136 cm³/mol. The van der Waals surface area contributed by atoms with Crippen molar-refractivity contribution >= 4 is 11.6 Å². The van der Waals surface area contributed by atoms with Crippen molar-refractivity contribution in [3.05, 3.63) is 112 Å². The third kappa shape index (κ3) is 4.76. The van der Waals surface area contributed by atoms with Crippen LogP contribution in [-0.4, -0.2) is 4.98 Å². The smallest absolute Gasteiger partial charge is 0.142 e. The fourth-order valence-corrected chi connectivity index (χ4v) is 4.80. The largest absolute Gasteiger partial charge is 0.488 e. The highest BCUT2D eigenvalue weighted by molar-refractivity contribution is 6.32. The Balaban J connectivity index is 1.40. The van der Waals surface area contributed by atoms with Crippen molar-refractivity contribution in [1.29, 1.82) is 5.26 Å². The molecule has 36 heavy (non-hydrogen) atoms. The zero-order valence-electron chi connectivity index (χ0n) is 19.4. The Bertz CT molecular complexity index is 1470. The SMILES string of the molecule is N#Cc1cncc(COc2cc(O[C@H]3CCc4c(-c5ccccc5F)cccc43)c(Cl)cc2CN)c1. The van der Waals surface area contributed by atoms with E-state index >= 15 is 0 Å². The van der Waals surface area contributed by atoms with Crippen molar-refractivity contribution in [3.8, 4) is 28.7 Å². The van der Waals surface area contributed by atoms with E-state index in [1.165, 1.54) is 12.3 Å². The minimum absolute atomic E-state index is 0.217. The maximum Gasteiger partial charge on any atom is 0.142 e. The topological polar surface area (TPSA) is 81.2 Å². The molecule has 0 amide bonds. The third-order valence-electron chi connectivity index (χ3n) is 6.30. The molecule has 0 saturated heterocycles. The van der Waals surface area contributed by atoms with E-state index in [0.717, 1.165) is 40.7 Å². The van der Waals surface area contributed by atoms with Gasteiger partial charge in [0, 0.05) is 41.7 Å². The molecule has 7 heteroatoms. The molecule has 1 aliphatic carbocycles. The van der Waals surface area contributed by atoms with Gasteiger partial charge < -0.3 is 15.2 Å². The number of benzene rings is 3. The van der Waals surface area contributed by atoms with Gasteiger partial charge >= 0.3 is 0 Å². The lowest BCUT2D eigenvalue weighted by Crippen LogP contribution is -2.07. The highest BCUT2D eigenvalue weighted by Gasteiger charge is 2.28. The van der Waals surface area contributed by atoms with Crippen LogP contribution in [0.2, 0.25) is 5.02 Å². The Kier molecular flexibility index (Phi) is 6.86. The van der Waals surface area contributed by atoms with Crippen LogP contribution in [0.15, 0.2) is 73.1 Å². The molecule has 4 aromatic rings. The number of nitriles is 1. The quantitative estimate of drug-likeness (QED) is 0.313. The Hall–Kier alpha value is -3.92. The van der Waals surface area contributed by atoms with Gasteiger partial charge in [-0.1, -0.05) is 48.0 Å². The summed E-state index contributed by atoms with van der Waals surface area (Å²) in [6.07, 6.45) is 4.45. The van der Waals surface area contributed by atoms with Gasteiger partial charge in [-0.2, -0.15) is 5.26 Å². The van der Waals surface area contributed by atoms with E-state index in [2.05, 4.69) is 11.1 Å². The molecule has 180 valence electrons. The predicted octanol–water partition coefficient (Wildman–Crippen LogP) is 6.52. The third-order valence-corrected chi connectivity index (χ3v) is 6.60. The van der Waals surface area contributed by atoms with Crippen LogP contribution in [0.25, 0.3) is 11.1 Å². The Labute approximate surface area is 213 Å². The molecule has 0 spiro atoms. The van der Waals surface area contributed by atoms with Gasteiger partial charge in [-0.15, -0.1) is 0 Å². The van der Waals surface area contributed by atoms with Gasteiger partial charge in [-0.05, 0) is 47.7 Å². The van der Waals surface area contributed by atoms with Crippen LogP contribution >= 0.6 is 11.6 Å². The monoisotopic (exact) mass is 499 g/mol. The van der Waals surface area contributed by atoms with E-state index in [1.54, 1.807) is 36.5 Å². The van der Waals surface area contributed by atoms with Crippen LogP contribution in [0, 0.1) is 17.1 Å². The summed E-state index contributed by atoms with van der Waals surface area (Å²) >= 11 is 6.56. The molecule has 0 bridgehead atoms. The first kappa shape index (κ1) is 23.8. The summed E-state index contributed by atoms with van der Waals surface area (Å²) in [5.41, 5.74) is 11.5. The van der Waals surface area contributed by atoms with Crippen molar-refractivity contribution in [3.63, 3.8) is 0 Å². The van der Waals surface area contributed by atoms with E-state index in [1.807, 2.05) is 24.3 Å². The first-order valence-corrected chi connectivity index (χ1v) is 12.0. The van der Waals surface area contributed by atoms with Crippen molar-refractivity contribution in [1.82, 2.24) is 4.98 Å². The summed E-state index contributed by atoms with van der Waals surface area (Å²) in [4.78, 5) is 4.07. The van der Waals surface area contributed by atoms with Crippen LogP contribution < -0.4 is 15.2 Å². The van der Waals surface area contributed by atoms with Gasteiger partial charge in [-0.3, -0.25) is 4.98 Å². The van der Waals surface area contributed by atoms with Gasteiger partial charge in [0.25, 0.3) is 0 Å². The molecule has 5 nitrogen and oxygen atoms in total. The fourth-order valence-electron chi connectivity index (χ4n) is 4.57. The molecule has 0 aliphatic heterocycles. The Morgan fingerprint density at radius 2 is 1.89 bits per heavy atom. The maximum absolute atomic E-state index is 14.5. The molecule has 2 N–H and O–H groups in total. The number of halogens is 2. The average molecular weight is 500 g/mol. The number of aromatic nitrogens is 1. The average Bonchev–Trinajstić information content (AvgIpc) is 3.32. The van der Waals surface area contributed by atoms with Crippen molar-refractivity contribution in [2.24, 2.45) is 5.73 Å². The summed E-state index contributed by atoms with van der Waals surface area (Å²) in [6.45, 7) is 0.457. The summed E-state index contributed by atoms with van der Waals surface area (Å²) in [6, 6.07) is 20.0. The summed E-state index contributed by atoms with van der Waals surface area (Å²) < 4.78 is 26.9. The zero-order chi connectivity index (χ0) is 25.1. The zero-order valence-corrected chi connectivity index (χ0v) is 20.1. The van der Waals surface area contributed by atoms with E-state index in [-0.39, 0.29) is 25.1 Å². The highest BCUT2D eigenvalue weighted by atomic mass is 35.5. The first-order valence-electron chi connectivity index (χ1n) is 11.6. The Morgan fingerprint density at radius 1 is 1.06 bits per heavy atom. The minimum atomic E-state index is -0.243. The summed E-state index contributed by atoms with van der Waals surface area (Å²) in [7, 11) is 0. The van der Waals surface area contributed by atoms with Crippen LogP contribution in [-0.2, 0) is 19.6 Å². The van der Waals surface area contributed by atoms with E-state index < -0.39 is 0 Å². The molecular formula is C29H23ClFN3O2. The van der Waals surface area contributed by atoms with Crippen LogP contribution in [0.4, 0.5) is 4.39 Å². The van der Waals surface area contributed by atoms with E-state index in [4.69, 9.17) is 32.1 Å². The van der Waals surface area contributed by atoms with Gasteiger partial charge in [0.1, 0.15) is 36.1 Å². The number of fused-ring (bicyclic) bond motifs is 1. The summed E-state index contributed by atoms with van der Waals surface area (Å²) in [5.74, 6) is 0.799. The van der Waals surface area contributed by atoms with Crippen LogP contribution in [0.3, 0.4) is 0 Å². The van der Waals surface area contributed by atoms with Gasteiger partial charge in [0.15, 0.2) is 0 Å². The number of hydrogen-bond donors (Lipinski definition) is 1. The van der Waals surface area contributed by atoms with Crippen LogP contribution in [0.1, 0.15) is 40.3 Å². The number of ether oxygens (including phenoxy) is 2. The molecule has 1 atom stereocenters. The van der Waals surface area contributed by atoms with Gasteiger partial charge in [-0.25, -0.2) is 4.39 Å². The maximum atomic E-state index is 14.5. The second-order valence-electron chi connectivity index (χ2n) is 8.58. The highest BCUT2D eigenvalue weighted by Crippen LogP contribution is 2.43. The Morgan fingerprint density at radius 3 is 2.69 bits per heavy atom. The molecule has 0 fully saturated rings. The second-order valence-corrected chi connectivity index (χ2v) is 8.98. The normalized spacial score (nSPS) is 14.2. The minimum Gasteiger partial charge on any atom is -0.488 e. The fraction of sp³-hybridized carbons (Fsp3) is 0.172. The standard InChI is InChI=1S/C29H23ClFN3O2/c30-25-11-20(14-33)28(35-17-19-10-18(13-32)15-34-16-19)12-29(25)36-27-9-8-22-21(5-3-6-24(22)27)23-4-1-2-7-26(23)31/h1-7,10-12,15-16,27H,8-9,14,17,33H2/t27-/m0/s1. The van der Waals surface area contributed by atoms with E-state index in [9.17, 15) is 4.39 Å². The molecular weight excluding hydrogens is 477 g/mol. The lowest BCUT2D eigenvalue weighted by atomic mass is 9.96. The lowest BCUT2D eigenvalue weighted by Gasteiger charge is -2.19. The summed E-state index contributed by atoms with van der Waals surface area (Å²) in [5, 5.41) is 9.54. The number of nitrogens with two attached hydrogens (primary N) is 1. The second kappa shape index (κ2) is 10.4. The van der Waals surface area contributed by atoms with Crippen molar-refractivity contribution in [2.75, 3.05) is 0 Å². The number of pyridine rings is 1. The number of hydrogen-bond acceptors (Lipinski definition) is 5. The van der Waals surface area contributed by atoms with Gasteiger partial charge in [0.2, 0.25) is 0 Å². The van der Waals surface area contributed by atoms with Crippen molar-refractivity contribution < 1.29 is 13.9 Å². The van der Waals surface area contributed by atoms with Crippen molar-refractivity contribution in [2.45, 2.75) is 32.1 Å². The molecule has 0 radical (unpaired) electrons. The first-order chi connectivity index (χ1) is 17.6. The lowest BCUT2D eigenvalue weighted by molar-refractivity contribution is 0.206.